The van der Waals surface area contributed by atoms with Crippen LogP contribution in [0.15, 0.2) is 69.7 Å². The van der Waals surface area contributed by atoms with Crippen molar-refractivity contribution in [1.29, 1.82) is 0 Å². The van der Waals surface area contributed by atoms with Crippen molar-refractivity contribution in [2.24, 2.45) is 5.73 Å². The summed E-state index contributed by atoms with van der Waals surface area (Å²) in [5.74, 6) is 1.63. The monoisotopic (exact) mass is 930 g/mol. The van der Waals surface area contributed by atoms with Gasteiger partial charge in [0.05, 0.1) is 37.7 Å². The van der Waals surface area contributed by atoms with Gasteiger partial charge in [0.15, 0.2) is 11.6 Å². The molecular weight excluding hydrogens is 888 g/mol. The maximum atomic E-state index is 12.2. The Labute approximate surface area is 381 Å². The van der Waals surface area contributed by atoms with Gasteiger partial charge in [-0.25, -0.2) is 4.79 Å². The maximum absolute atomic E-state index is 12.2. The van der Waals surface area contributed by atoms with Crippen LogP contribution in [-0.4, -0.2) is 64.2 Å². The highest BCUT2D eigenvalue weighted by atomic mass is 35.5. The SMILES string of the molecule is CC(=O)c1ccc(-c2cc(Cl)c3c(c2)CC(CN)O3)s1.CC(=O)c1ccc(-c2cc(Cl)c3c(c2)CC(CNC(=O)/C=C/c2c(C)noc2C)O3)s1.Cc1noc(C)c1/C=C/C(=O)O. The number of Topliss-reactive ketones (excluding diaryl/α,β-unsaturated/α-hetero) is 2. The minimum Gasteiger partial charge on any atom is -0.487 e. The number of hydrogen-bond acceptors (Lipinski definition) is 13. The highest BCUT2D eigenvalue weighted by Gasteiger charge is 2.27. The van der Waals surface area contributed by atoms with Gasteiger partial charge in [-0.05, 0) is 113 Å². The smallest absolute Gasteiger partial charge is 0.328 e. The zero-order valence-electron chi connectivity index (χ0n) is 35.2. The molecule has 328 valence electrons. The summed E-state index contributed by atoms with van der Waals surface area (Å²) in [6, 6.07) is 15.4. The summed E-state index contributed by atoms with van der Waals surface area (Å²) in [6.45, 7) is 11.1. The lowest BCUT2D eigenvalue weighted by molar-refractivity contribution is -0.131. The Hall–Kier alpha value is -5.84. The molecule has 17 heteroatoms. The molecule has 8 rings (SSSR count). The van der Waals surface area contributed by atoms with Crippen molar-refractivity contribution in [2.75, 3.05) is 13.1 Å². The predicted octanol–water partition coefficient (Wildman–Crippen LogP) is 9.93. The molecule has 6 aromatic rings. The van der Waals surface area contributed by atoms with Crippen LogP contribution in [-0.2, 0) is 22.4 Å². The molecule has 0 saturated carbocycles. The van der Waals surface area contributed by atoms with E-state index < -0.39 is 5.97 Å². The molecule has 4 aromatic heterocycles. The van der Waals surface area contributed by atoms with Gasteiger partial charge in [-0.2, -0.15) is 0 Å². The van der Waals surface area contributed by atoms with Crippen LogP contribution >= 0.6 is 45.9 Å². The molecule has 2 atom stereocenters. The minimum atomic E-state index is -0.977. The summed E-state index contributed by atoms with van der Waals surface area (Å²) in [7, 11) is 0. The van der Waals surface area contributed by atoms with E-state index in [4.69, 9.17) is 52.6 Å². The molecule has 0 radical (unpaired) electrons. The molecule has 13 nitrogen and oxygen atoms in total. The number of rotatable bonds is 11. The average molecular weight is 932 g/mol. The topological polar surface area (TPSA) is 197 Å². The quantitative estimate of drug-likeness (QED) is 0.0823. The van der Waals surface area contributed by atoms with E-state index in [0.29, 0.717) is 57.4 Å². The minimum absolute atomic E-state index is 0.00821. The van der Waals surface area contributed by atoms with Crippen LogP contribution < -0.4 is 20.5 Å². The van der Waals surface area contributed by atoms with Crippen molar-refractivity contribution >= 4 is 81.5 Å². The number of halogens is 2. The second-order valence-electron chi connectivity index (χ2n) is 14.7. The highest BCUT2D eigenvalue weighted by Crippen LogP contribution is 2.42. The Kier molecular flexibility index (Phi) is 15.2. The number of hydrogen-bond donors (Lipinski definition) is 3. The maximum Gasteiger partial charge on any atom is 0.328 e. The third-order valence-electron chi connectivity index (χ3n) is 9.92. The number of benzene rings is 2. The Morgan fingerprint density at radius 3 is 1.62 bits per heavy atom. The number of thiophene rings is 2. The molecular formula is C46H44Cl2N4O9S2. The van der Waals surface area contributed by atoms with E-state index in [1.54, 1.807) is 40.7 Å². The number of carbonyl (C=O) groups is 4. The second kappa shape index (κ2) is 20.6. The lowest BCUT2D eigenvalue weighted by Gasteiger charge is -2.11. The molecule has 1 amide bonds. The van der Waals surface area contributed by atoms with E-state index in [9.17, 15) is 19.2 Å². The molecule has 0 bridgehead atoms. The average Bonchev–Trinajstić information content (AvgIpc) is 4.10. The third kappa shape index (κ3) is 11.6. The lowest BCUT2D eigenvalue weighted by atomic mass is 10.1. The standard InChI is InChI=1S/C23H21ClN2O4S.C15H14ClNO2S.C8H9NO3/c1-12-18(14(3)30-26-12)4-7-22(28)25-11-17-9-16-8-15(10-19(24)23(16)29-17)21-6-5-20(31-21)13(2)27;1-8(18)13-2-3-14(20-13)9-4-10-5-11(7-17)19-15(10)12(16)6-9;1-5-7(3-4-8(10)11)6(2)12-9-5/h4-8,10,17H,9,11H2,1-3H3,(H,25,28);2-4,6,11H,5,7,17H2,1H3;3-4H,1-2H3,(H,10,11)/b7-4+;;4-3+. The summed E-state index contributed by atoms with van der Waals surface area (Å²) in [5, 5.41) is 19.9. The number of ether oxygens (including phenoxy) is 2. The molecule has 2 unspecified atom stereocenters. The summed E-state index contributed by atoms with van der Waals surface area (Å²) < 4.78 is 21.6. The predicted molar refractivity (Wildman–Crippen MR) is 246 cm³/mol. The van der Waals surface area contributed by atoms with E-state index in [0.717, 1.165) is 72.0 Å². The first-order valence-electron chi connectivity index (χ1n) is 19.6. The van der Waals surface area contributed by atoms with E-state index in [1.165, 1.54) is 34.8 Å². The van der Waals surface area contributed by atoms with Gasteiger partial charge in [-0.15, -0.1) is 22.7 Å². The molecule has 63 heavy (non-hydrogen) atoms. The molecule has 2 aromatic carbocycles. The lowest BCUT2D eigenvalue weighted by Crippen LogP contribution is -2.33. The molecule has 0 fully saturated rings. The Bertz CT molecular complexity index is 2710. The van der Waals surface area contributed by atoms with Gasteiger partial charge in [0.1, 0.15) is 35.2 Å². The number of carbonyl (C=O) groups excluding carboxylic acids is 3. The number of nitrogens with zero attached hydrogens (tertiary/aromatic N) is 2. The van der Waals surface area contributed by atoms with Crippen LogP contribution in [0.1, 0.15) is 78.4 Å². The van der Waals surface area contributed by atoms with Crippen molar-refractivity contribution in [3.63, 3.8) is 0 Å². The molecule has 0 spiro atoms. The van der Waals surface area contributed by atoms with Gasteiger partial charge in [0, 0.05) is 63.5 Å². The second-order valence-corrected chi connectivity index (χ2v) is 17.7. The van der Waals surface area contributed by atoms with Crippen molar-refractivity contribution in [2.45, 2.75) is 66.6 Å². The van der Waals surface area contributed by atoms with Gasteiger partial charge in [0.2, 0.25) is 5.91 Å². The molecule has 0 saturated heterocycles. The first kappa shape index (κ1) is 46.7. The number of fused-ring (bicyclic) bond motifs is 2. The Morgan fingerprint density at radius 2 is 1.21 bits per heavy atom. The molecule has 4 N–H and O–H groups in total. The fourth-order valence-corrected chi connectivity index (χ4v) is 9.06. The van der Waals surface area contributed by atoms with Gasteiger partial charge >= 0.3 is 5.97 Å². The normalized spacial score (nSPS) is 14.9. The largest absolute Gasteiger partial charge is 0.487 e. The summed E-state index contributed by atoms with van der Waals surface area (Å²) >= 11 is 15.7. The van der Waals surface area contributed by atoms with Crippen LogP contribution in [0, 0.1) is 27.7 Å². The zero-order valence-corrected chi connectivity index (χ0v) is 38.3. The number of carboxylic acids is 1. The van der Waals surface area contributed by atoms with Crippen LogP contribution in [0.4, 0.5) is 0 Å². The van der Waals surface area contributed by atoms with Crippen LogP contribution in [0.3, 0.4) is 0 Å². The fraction of sp³-hybridized carbons (Fsp3) is 0.261. The van der Waals surface area contributed by atoms with Crippen molar-refractivity contribution < 1.29 is 42.8 Å². The number of amides is 1. The van der Waals surface area contributed by atoms with Crippen molar-refractivity contribution in [3.8, 4) is 32.4 Å². The number of ketones is 2. The van der Waals surface area contributed by atoms with E-state index >= 15 is 0 Å². The Morgan fingerprint density at radius 1 is 0.746 bits per heavy atom. The summed E-state index contributed by atoms with van der Waals surface area (Å²) in [4.78, 5) is 48.8. The number of nitrogens with two attached hydrogens (primary N) is 1. The number of aliphatic carboxylic acids is 1. The third-order valence-corrected chi connectivity index (χ3v) is 13.0. The highest BCUT2D eigenvalue weighted by molar-refractivity contribution is 7.17. The van der Waals surface area contributed by atoms with Crippen molar-refractivity contribution in [3.05, 3.63) is 126 Å². The zero-order chi connectivity index (χ0) is 45.5. The van der Waals surface area contributed by atoms with E-state index in [2.05, 4.69) is 21.7 Å². The molecule has 2 aliphatic rings. The van der Waals surface area contributed by atoms with E-state index in [-0.39, 0.29) is 29.7 Å². The molecule has 6 heterocycles. The number of aryl methyl sites for hydroxylation is 4. The van der Waals surface area contributed by atoms with Gasteiger partial charge < -0.3 is 34.7 Å². The fourth-order valence-electron chi connectivity index (χ4n) is 6.71. The van der Waals surface area contributed by atoms with Crippen LogP contribution in [0.25, 0.3) is 33.0 Å². The molecule has 0 aliphatic carbocycles. The number of carboxylic acid groups (broad SMARTS) is 1. The molecule has 2 aliphatic heterocycles. The number of aromatic nitrogens is 2. The van der Waals surface area contributed by atoms with Crippen molar-refractivity contribution in [1.82, 2.24) is 15.6 Å². The van der Waals surface area contributed by atoms with Crippen LogP contribution in [0.5, 0.6) is 11.5 Å². The number of nitrogens with one attached hydrogen (secondary N) is 1. The summed E-state index contributed by atoms with van der Waals surface area (Å²) in [5.41, 5.74) is 12.7. The summed E-state index contributed by atoms with van der Waals surface area (Å²) in [6.07, 6.45) is 6.93. The van der Waals surface area contributed by atoms with E-state index in [1.807, 2.05) is 49.4 Å². The van der Waals surface area contributed by atoms with Crippen LogP contribution in [0.2, 0.25) is 10.0 Å². The first-order chi connectivity index (χ1) is 30.0. The van der Waals surface area contributed by atoms with Gasteiger partial charge in [-0.1, -0.05) is 33.5 Å². The van der Waals surface area contributed by atoms with Gasteiger partial charge in [-0.3, -0.25) is 14.4 Å². The van der Waals surface area contributed by atoms with Gasteiger partial charge in [0.25, 0.3) is 0 Å². The first-order valence-corrected chi connectivity index (χ1v) is 22.0. The Balaban J connectivity index is 0.000000176.